The summed E-state index contributed by atoms with van der Waals surface area (Å²) in [4.78, 5) is 12.7. The standard InChI is InChI=1S/C8H16N2O.CH3N/c1-7-3-2-4-10(5-7)6-8(9)11;1-2/h7H,2-6H2,1H3,(H2,9,11);2H,1H2. The molecule has 1 heterocycles. The molecule has 0 spiro atoms. The largest absolute Gasteiger partial charge is 0.369 e. The van der Waals surface area contributed by atoms with Crippen molar-refractivity contribution in [3.8, 4) is 0 Å². The Morgan fingerprint density at radius 1 is 1.69 bits per heavy atom. The Labute approximate surface area is 79.6 Å². The Morgan fingerprint density at radius 2 is 2.31 bits per heavy atom. The molecule has 4 nitrogen and oxygen atoms in total. The molecule has 1 aliphatic heterocycles. The van der Waals surface area contributed by atoms with Crippen LogP contribution in [0.15, 0.2) is 0 Å². The zero-order chi connectivity index (χ0) is 10.3. The van der Waals surface area contributed by atoms with Crippen LogP contribution in [0.2, 0.25) is 0 Å². The van der Waals surface area contributed by atoms with Crippen LogP contribution in [0, 0.1) is 11.3 Å². The first-order valence-electron chi connectivity index (χ1n) is 4.54. The molecule has 0 aromatic carbocycles. The van der Waals surface area contributed by atoms with Gasteiger partial charge in [-0.05, 0) is 32.0 Å². The number of rotatable bonds is 2. The fourth-order valence-corrected chi connectivity index (χ4v) is 1.65. The van der Waals surface area contributed by atoms with Crippen LogP contribution in [0.1, 0.15) is 19.8 Å². The average molecular weight is 185 g/mol. The highest BCUT2D eigenvalue weighted by Gasteiger charge is 2.16. The van der Waals surface area contributed by atoms with Gasteiger partial charge in [-0.1, -0.05) is 6.92 Å². The zero-order valence-electron chi connectivity index (χ0n) is 8.25. The van der Waals surface area contributed by atoms with Gasteiger partial charge in [0.25, 0.3) is 0 Å². The van der Waals surface area contributed by atoms with E-state index < -0.39 is 0 Å². The van der Waals surface area contributed by atoms with Gasteiger partial charge in [-0.3, -0.25) is 9.69 Å². The Hall–Kier alpha value is -0.900. The molecule has 0 aliphatic carbocycles. The number of nitrogens with two attached hydrogens (primary N) is 1. The van der Waals surface area contributed by atoms with Crippen molar-refractivity contribution in [3.05, 3.63) is 0 Å². The summed E-state index contributed by atoms with van der Waals surface area (Å²) in [6.07, 6.45) is 2.49. The van der Waals surface area contributed by atoms with Crippen molar-refractivity contribution in [1.82, 2.24) is 4.90 Å². The number of primary amides is 1. The van der Waals surface area contributed by atoms with E-state index in [2.05, 4.69) is 18.5 Å². The van der Waals surface area contributed by atoms with E-state index in [0.29, 0.717) is 6.54 Å². The molecule has 13 heavy (non-hydrogen) atoms. The molecule has 0 bridgehead atoms. The van der Waals surface area contributed by atoms with Gasteiger partial charge in [-0.15, -0.1) is 0 Å². The minimum absolute atomic E-state index is 0.209. The summed E-state index contributed by atoms with van der Waals surface area (Å²) in [6.45, 7) is 7.22. The van der Waals surface area contributed by atoms with Gasteiger partial charge in [0.2, 0.25) is 5.91 Å². The van der Waals surface area contributed by atoms with Crippen LogP contribution < -0.4 is 5.73 Å². The lowest BCUT2D eigenvalue weighted by Crippen LogP contribution is -2.40. The second-order valence-corrected chi connectivity index (χ2v) is 3.45. The second kappa shape index (κ2) is 6.60. The highest BCUT2D eigenvalue weighted by Crippen LogP contribution is 2.14. The molecular weight excluding hydrogens is 166 g/mol. The van der Waals surface area contributed by atoms with Crippen molar-refractivity contribution in [2.24, 2.45) is 11.7 Å². The van der Waals surface area contributed by atoms with Gasteiger partial charge in [0.15, 0.2) is 0 Å². The van der Waals surface area contributed by atoms with Gasteiger partial charge in [-0.2, -0.15) is 0 Å². The lowest BCUT2D eigenvalue weighted by atomic mass is 10.0. The molecule has 3 N–H and O–H groups in total. The van der Waals surface area contributed by atoms with E-state index in [1.54, 1.807) is 0 Å². The number of hydrogen-bond acceptors (Lipinski definition) is 3. The topological polar surface area (TPSA) is 70.2 Å². The Balaban J connectivity index is 0.000000671. The van der Waals surface area contributed by atoms with Crippen molar-refractivity contribution in [3.63, 3.8) is 0 Å². The third kappa shape index (κ3) is 5.36. The third-order valence-corrected chi connectivity index (χ3v) is 2.12. The lowest BCUT2D eigenvalue weighted by Gasteiger charge is -2.29. The van der Waals surface area contributed by atoms with E-state index in [9.17, 15) is 4.79 Å². The summed E-state index contributed by atoms with van der Waals surface area (Å²) >= 11 is 0. The molecule has 1 amide bonds. The highest BCUT2D eigenvalue weighted by molar-refractivity contribution is 5.75. The van der Waals surface area contributed by atoms with Crippen LogP contribution in [-0.4, -0.2) is 37.2 Å². The molecule has 76 valence electrons. The summed E-state index contributed by atoms with van der Waals surface area (Å²) in [7, 11) is 0. The first-order valence-corrected chi connectivity index (χ1v) is 4.54. The number of nitrogens with one attached hydrogen (secondary N) is 1. The number of piperidine rings is 1. The first kappa shape index (κ1) is 12.1. The monoisotopic (exact) mass is 185 g/mol. The third-order valence-electron chi connectivity index (χ3n) is 2.12. The van der Waals surface area contributed by atoms with E-state index in [1.165, 1.54) is 12.8 Å². The minimum atomic E-state index is -0.209. The molecule has 1 saturated heterocycles. The summed E-state index contributed by atoms with van der Waals surface area (Å²) in [6, 6.07) is 0. The van der Waals surface area contributed by atoms with Crippen molar-refractivity contribution in [2.75, 3.05) is 19.6 Å². The number of nitrogens with zero attached hydrogens (tertiary/aromatic N) is 1. The maximum absolute atomic E-state index is 10.6. The van der Waals surface area contributed by atoms with Gasteiger partial charge < -0.3 is 11.1 Å². The Bertz CT molecular complexity index is 161. The lowest BCUT2D eigenvalue weighted by molar-refractivity contribution is -0.119. The SMILES string of the molecule is C=N.CC1CCCN(CC(N)=O)C1. The van der Waals surface area contributed by atoms with Crippen LogP contribution in [0.5, 0.6) is 0 Å². The van der Waals surface area contributed by atoms with Gasteiger partial charge >= 0.3 is 0 Å². The predicted octanol–water partition coefficient (Wildman–Crippen LogP) is 0.469. The van der Waals surface area contributed by atoms with Gasteiger partial charge in [0.1, 0.15) is 0 Å². The molecule has 1 unspecified atom stereocenters. The van der Waals surface area contributed by atoms with Crippen molar-refractivity contribution in [2.45, 2.75) is 19.8 Å². The summed E-state index contributed by atoms with van der Waals surface area (Å²) in [5, 5.41) is 5.50. The van der Waals surface area contributed by atoms with Crippen molar-refractivity contribution in [1.29, 1.82) is 5.41 Å². The fourth-order valence-electron chi connectivity index (χ4n) is 1.65. The van der Waals surface area contributed by atoms with Crippen molar-refractivity contribution >= 4 is 12.6 Å². The molecule has 1 fully saturated rings. The van der Waals surface area contributed by atoms with E-state index in [4.69, 9.17) is 11.1 Å². The van der Waals surface area contributed by atoms with E-state index in [0.717, 1.165) is 19.0 Å². The molecular formula is C9H19N3O. The highest BCUT2D eigenvalue weighted by atomic mass is 16.1. The Kier molecular flexibility index (Phi) is 6.14. The smallest absolute Gasteiger partial charge is 0.231 e. The molecule has 1 aliphatic rings. The minimum Gasteiger partial charge on any atom is -0.369 e. The molecule has 0 aromatic rings. The zero-order valence-corrected chi connectivity index (χ0v) is 8.25. The van der Waals surface area contributed by atoms with Crippen LogP contribution in [-0.2, 0) is 4.79 Å². The predicted molar refractivity (Wildman–Crippen MR) is 53.9 cm³/mol. The molecule has 0 saturated carbocycles. The molecule has 1 atom stereocenters. The van der Waals surface area contributed by atoms with Crippen LogP contribution >= 0.6 is 0 Å². The van der Waals surface area contributed by atoms with Gasteiger partial charge in [0, 0.05) is 6.54 Å². The normalized spacial score (nSPS) is 23.0. The maximum Gasteiger partial charge on any atom is 0.231 e. The summed E-state index contributed by atoms with van der Waals surface area (Å²) in [5.74, 6) is 0.516. The molecule has 4 heteroatoms. The first-order chi connectivity index (χ1) is 6.18. The maximum atomic E-state index is 10.6. The van der Waals surface area contributed by atoms with Crippen LogP contribution in [0.4, 0.5) is 0 Å². The molecule has 0 aromatic heterocycles. The van der Waals surface area contributed by atoms with E-state index in [1.807, 2.05) is 0 Å². The van der Waals surface area contributed by atoms with Crippen LogP contribution in [0.25, 0.3) is 0 Å². The molecule has 1 rings (SSSR count). The van der Waals surface area contributed by atoms with Crippen LogP contribution in [0.3, 0.4) is 0 Å². The number of carbonyl (C=O) groups is 1. The summed E-state index contributed by atoms with van der Waals surface area (Å²) in [5.41, 5.74) is 5.09. The quantitative estimate of drug-likeness (QED) is 0.614. The van der Waals surface area contributed by atoms with Gasteiger partial charge in [0.05, 0.1) is 6.54 Å². The molecule has 0 radical (unpaired) electrons. The van der Waals surface area contributed by atoms with E-state index in [-0.39, 0.29) is 5.91 Å². The number of amides is 1. The second-order valence-electron chi connectivity index (χ2n) is 3.45. The summed E-state index contributed by atoms with van der Waals surface area (Å²) < 4.78 is 0. The number of likely N-dealkylation sites (tertiary alicyclic amines) is 1. The van der Waals surface area contributed by atoms with Crippen molar-refractivity contribution < 1.29 is 4.79 Å². The number of carbonyl (C=O) groups excluding carboxylic acids is 1. The van der Waals surface area contributed by atoms with E-state index >= 15 is 0 Å². The number of hydrogen-bond donors (Lipinski definition) is 2. The average Bonchev–Trinajstić information content (AvgIpc) is 2.06. The fraction of sp³-hybridized carbons (Fsp3) is 0.778. The Morgan fingerprint density at radius 3 is 2.77 bits per heavy atom. The van der Waals surface area contributed by atoms with Gasteiger partial charge in [-0.25, -0.2) is 0 Å².